The van der Waals surface area contributed by atoms with Gasteiger partial charge < -0.3 is 0 Å². The molecule has 18 rings (SSSR count). The third-order valence-electron chi connectivity index (χ3n) is 12.9. The maximum absolute atomic E-state index is 4.41. The van der Waals surface area contributed by atoms with Gasteiger partial charge in [0.25, 0.3) is 0 Å². The zero-order chi connectivity index (χ0) is 59.9. The van der Waals surface area contributed by atoms with Gasteiger partial charge in [-0.05, 0) is 137 Å². The number of fused-ring (bicyclic) bond motifs is 18. The van der Waals surface area contributed by atoms with Crippen LogP contribution in [0.15, 0.2) is 200 Å². The van der Waals surface area contributed by atoms with Gasteiger partial charge in [-0.2, -0.15) is 0 Å². The fraction of sp³-hybridized carbons (Fsp3) is 0.127. The van der Waals surface area contributed by atoms with Gasteiger partial charge in [-0.15, -0.1) is 194 Å². The minimum Gasteiger partial charge on any atom is -0.142 e. The Balaban J connectivity index is 0.000000104. The quantitative estimate of drug-likeness (QED) is 0.124. The second-order valence-electron chi connectivity index (χ2n) is 19.8. The van der Waals surface area contributed by atoms with E-state index in [4.69, 9.17) is 0 Å². The zero-order valence-electron chi connectivity index (χ0n) is 45.5. The Bertz CT molecular complexity index is 4520. The molecule has 0 saturated carbocycles. The number of thiophene rings is 12. The van der Waals surface area contributed by atoms with E-state index in [1.165, 1.54) is 184 Å². The van der Waals surface area contributed by atoms with Crippen molar-refractivity contribution in [2.45, 2.75) is 68.4 Å². The first kappa shape index (κ1) is 63.3. The second kappa shape index (κ2) is 28.4. The van der Waals surface area contributed by atoms with Crippen LogP contribution in [-0.2, 0) is 12.8 Å². The Kier molecular flexibility index (Phi) is 20.4. The first-order valence-corrected chi connectivity index (χ1v) is 53.0. The molecule has 442 valence electrons. The molecule has 0 radical (unpaired) electrons. The van der Waals surface area contributed by atoms with Crippen molar-refractivity contribution in [2.75, 3.05) is 0 Å². The summed E-state index contributed by atoms with van der Waals surface area (Å²) in [5, 5.41) is 38.3. The van der Waals surface area contributed by atoms with E-state index in [0.29, 0.717) is 0 Å². The van der Waals surface area contributed by atoms with Crippen LogP contribution in [0.25, 0.3) is 58.5 Å². The Hall–Kier alpha value is -2.14. The topological polar surface area (TPSA) is 148 Å². The van der Waals surface area contributed by atoms with Crippen LogP contribution in [0.4, 0.5) is 34.1 Å². The summed E-state index contributed by atoms with van der Waals surface area (Å²) in [5.74, 6) is 0. The molecule has 0 unspecified atom stereocenters. The van der Waals surface area contributed by atoms with Crippen LogP contribution >= 0.6 is 240 Å². The van der Waals surface area contributed by atoms with Crippen molar-refractivity contribution in [2.24, 2.45) is 57.8 Å². The Labute approximate surface area is 600 Å². The molecule has 6 aliphatic heterocycles. The largest absolute Gasteiger partial charge is 0.142 e. The van der Waals surface area contributed by atoms with Crippen molar-refractivity contribution in [3.63, 3.8) is 0 Å². The van der Waals surface area contributed by atoms with Gasteiger partial charge in [-0.3, -0.25) is 0 Å². The summed E-state index contributed by atoms with van der Waals surface area (Å²) >= 11 is 35.7. The molecule has 0 bridgehead atoms. The first-order chi connectivity index (χ1) is 42.9. The fourth-order valence-electron chi connectivity index (χ4n) is 8.39. The van der Waals surface area contributed by atoms with Crippen LogP contribution in [0.5, 0.6) is 0 Å². The van der Waals surface area contributed by atoms with Crippen LogP contribution in [0.2, 0.25) is 19.3 Å². The number of halogens is 2. The zero-order valence-corrected chi connectivity index (χ0v) is 66.2. The normalized spacial score (nSPS) is 13.8. The van der Waals surface area contributed by atoms with Gasteiger partial charge in [0.15, 0.2) is 0 Å². The molecule has 0 aromatic carbocycles. The smallest absolute Gasteiger partial charge is 0.106 e. The van der Waals surface area contributed by atoms with Gasteiger partial charge in [0.05, 0.1) is 95.5 Å². The predicted molar refractivity (Wildman–Crippen MR) is 403 cm³/mol. The molecule has 12 aromatic heterocycles. The summed E-state index contributed by atoms with van der Waals surface area (Å²) in [6.07, 6.45) is 1.83. The third-order valence-corrected chi connectivity index (χ3v) is 38.1. The number of rotatable bonds is 5. The molecular formula is C55H36Br2N12S18Sn. The summed E-state index contributed by atoms with van der Waals surface area (Å²) in [7, 11) is 0. The molecule has 0 atom stereocenters. The van der Waals surface area contributed by atoms with Crippen LogP contribution in [0.1, 0.15) is 26.4 Å². The van der Waals surface area contributed by atoms with Gasteiger partial charge in [-0.1, -0.05) is 0 Å². The van der Waals surface area contributed by atoms with E-state index >= 15 is 0 Å². The van der Waals surface area contributed by atoms with Gasteiger partial charge >= 0.3 is 44.6 Å². The predicted octanol–water partition coefficient (Wildman–Crippen LogP) is 31.2. The molecular weight excluding hydrogens is 1680 g/mol. The first-order valence-electron chi connectivity index (χ1n) is 26.0. The summed E-state index contributed by atoms with van der Waals surface area (Å²) < 4.78 is 28.9. The third kappa shape index (κ3) is 14.3. The average molecular weight is 1720 g/mol. The fourth-order valence-corrected chi connectivity index (χ4v) is 27.7. The maximum atomic E-state index is 4.41. The van der Waals surface area contributed by atoms with E-state index in [-0.39, 0.29) is 0 Å². The van der Waals surface area contributed by atoms with Gasteiger partial charge in [0, 0.05) is 104 Å². The molecule has 0 saturated heterocycles. The van der Waals surface area contributed by atoms with E-state index in [2.05, 4.69) is 192 Å². The molecule has 88 heavy (non-hydrogen) atoms. The van der Waals surface area contributed by atoms with E-state index in [1.807, 2.05) is 69.6 Å². The Morgan fingerprint density at radius 1 is 0.307 bits per heavy atom. The van der Waals surface area contributed by atoms with E-state index in [9.17, 15) is 0 Å². The molecule has 18 heterocycles. The van der Waals surface area contributed by atoms with Crippen LogP contribution < -0.4 is 0 Å². The molecule has 0 aliphatic carbocycles. The SMILES string of the molecule is Brc1cc2c(s1)-c1sccc1N=NS2.Brc1cc2c(s1)-c1sccc1SN=N2.C[CH2][Sn]([CH3])([CH3])[CH3].c1cc2c(s1)-c1sc(Cc3cc4c(s3)-c3sccc3N=NS4)cc1SN=N2.c1cc2c(s1)-c1sc(Cc3cc4c(s3)-c3sccc3SN=N4)cc1N=NS2. The minimum atomic E-state index is -1.23. The number of nitrogens with zero attached hydrogens (tertiary/aromatic N) is 12. The van der Waals surface area contributed by atoms with Gasteiger partial charge in [-0.25, -0.2) is 0 Å². The monoisotopic (exact) mass is 1720 g/mol. The van der Waals surface area contributed by atoms with E-state index < -0.39 is 18.4 Å². The molecule has 0 spiro atoms. The van der Waals surface area contributed by atoms with Crippen molar-refractivity contribution in [1.29, 1.82) is 0 Å². The molecule has 6 aliphatic rings. The Morgan fingerprint density at radius 3 is 1.00 bits per heavy atom. The Morgan fingerprint density at radius 2 is 0.591 bits per heavy atom. The number of hydrogen-bond acceptors (Lipinski definition) is 30. The average Bonchev–Trinajstić information content (AvgIpc) is 2.77. The van der Waals surface area contributed by atoms with Gasteiger partial charge in [0.2, 0.25) is 0 Å². The van der Waals surface area contributed by atoms with Gasteiger partial charge in [0.1, 0.15) is 34.1 Å². The number of hydrogen-bond donors (Lipinski definition) is 0. The van der Waals surface area contributed by atoms with Crippen molar-refractivity contribution in [3.05, 3.63) is 132 Å². The summed E-state index contributed by atoms with van der Waals surface area (Å²) in [5.41, 5.74) is 5.88. The molecule has 0 amide bonds. The summed E-state index contributed by atoms with van der Waals surface area (Å²) in [6.45, 7) is 2.30. The second-order valence-corrected chi connectivity index (χ2v) is 56.1. The van der Waals surface area contributed by atoms with Crippen LogP contribution in [0, 0.1) is 0 Å². The van der Waals surface area contributed by atoms with Crippen molar-refractivity contribution in [3.8, 4) is 58.5 Å². The summed E-state index contributed by atoms with van der Waals surface area (Å²) in [6, 6.07) is 25.4. The maximum Gasteiger partial charge on any atom is 0.106 e. The van der Waals surface area contributed by atoms with Crippen molar-refractivity contribution in [1.82, 2.24) is 0 Å². The molecule has 12 aromatic rings. The van der Waals surface area contributed by atoms with E-state index in [0.717, 1.165) is 54.5 Å². The minimum absolute atomic E-state index is 0.891. The molecule has 12 nitrogen and oxygen atoms in total. The summed E-state index contributed by atoms with van der Waals surface area (Å²) in [4.78, 5) is 35.0. The molecule has 0 N–H and O–H groups in total. The van der Waals surface area contributed by atoms with Crippen molar-refractivity contribution >= 4 is 292 Å². The van der Waals surface area contributed by atoms with E-state index in [1.54, 1.807) is 90.7 Å². The molecule has 33 heteroatoms. The van der Waals surface area contributed by atoms with Crippen LogP contribution in [0.3, 0.4) is 0 Å². The van der Waals surface area contributed by atoms with Crippen LogP contribution in [-0.4, -0.2) is 18.4 Å². The standard InChI is InChI=1S/2C17H8N4S6.2C8H3BrN2S3.C2H5.3CH3.Sn/c1-3-22-16-12(1)26-20-18-10-6-8(24-14(10)16)5-9-7-11-15(25-9)17-13(2-4-23-17)27-21-19-11;1-3-22-14-10(1)18-20-26-12-6-8(24-16(12)14)5-9-7-13-17(25-9)15-11(2-4-23-15)19-21-27-13;9-6-3-4-7(13-6)8-5(1-2-12-8)14-11-10-4;9-6-3-5-8(13-6)7-4(1-2-12-7)10-11-14-5;1-2;;;;/h2*1-4,6-7H,5H2;2*1-3H;1H2,2H3;3*1H3;. The molecule has 0 fully saturated rings. The van der Waals surface area contributed by atoms with Crippen molar-refractivity contribution < 1.29 is 0 Å².